The number of furan rings is 1. The quantitative estimate of drug-likeness (QED) is 0.253. The maximum atomic E-state index is 5.85. The fourth-order valence-corrected chi connectivity index (χ4v) is 3.33. The molecule has 0 spiro atoms. The van der Waals surface area contributed by atoms with Crippen molar-refractivity contribution < 1.29 is 4.42 Å². The molecule has 1 nitrogen and oxygen atoms in total. The summed E-state index contributed by atoms with van der Waals surface area (Å²) in [6.07, 6.45) is 3.50. The Morgan fingerprint density at radius 1 is 0.645 bits per heavy atom. The van der Waals surface area contributed by atoms with E-state index in [1.807, 2.05) is 24.3 Å². The van der Waals surface area contributed by atoms with Gasteiger partial charge in [-0.05, 0) is 85.9 Å². The summed E-state index contributed by atoms with van der Waals surface area (Å²) >= 11 is 8.20. The van der Waals surface area contributed by atoms with E-state index in [0.29, 0.717) is 0 Å². The Morgan fingerprint density at radius 3 is 1.42 bits per heavy atom. The molecule has 31 heavy (non-hydrogen) atoms. The summed E-state index contributed by atoms with van der Waals surface area (Å²) < 4.78 is 6.26. The Hall–Kier alpha value is -1.26. The molecule has 0 radical (unpaired) electrons. The minimum absolute atomic E-state index is 0.199. The molecule has 1 heterocycles. The topological polar surface area (TPSA) is 13.1 Å². The minimum Gasteiger partial charge on any atom is -0.472 e. The summed E-state index contributed by atoms with van der Waals surface area (Å²) in [5.74, 6) is 0. The van der Waals surface area contributed by atoms with Crippen molar-refractivity contribution in [3.63, 3.8) is 0 Å². The van der Waals surface area contributed by atoms with E-state index in [1.54, 1.807) is 12.5 Å². The van der Waals surface area contributed by atoms with Gasteiger partial charge in [-0.15, -0.1) is 0 Å². The molecule has 0 fully saturated rings. The van der Waals surface area contributed by atoms with Gasteiger partial charge in [0, 0.05) is 8.59 Å². The zero-order valence-corrected chi connectivity index (χ0v) is 23.4. The number of hydrogen-bond acceptors (Lipinski definition) is 1. The van der Waals surface area contributed by atoms with Crippen molar-refractivity contribution in [1.29, 1.82) is 0 Å². The average molecular weight is 553 g/mol. The van der Waals surface area contributed by atoms with Gasteiger partial charge in [0.15, 0.2) is 0 Å². The molecular weight excluding hydrogens is 515 g/mol. The lowest BCUT2D eigenvalue weighted by molar-refractivity contribution is 0.537. The van der Waals surface area contributed by atoms with Crippen LogP contribution in [0.25, 0.3) is 0 Å². The van der Waals surface area contributed by atoms with Gasteiger partial charge in [-0.3, -0.25) is 0 Å². The lowest BCUT2D eigenvalue weighted by Gasteiger charge is -2.18. The van der Waals surface area contributed by atoms with Gasteiger partial charge in [0.05, 0.1) is 12.5 Å². The van der Waals surface area contributed by atoms with Crippen LogP contribution in [0.1, 0.15) is 79.0 Å². The van der Waals surface area contributed by atoms with Crippen LogP contribution in [0.4, 0.5) is 0 Å². The molecule has 0 aliphatic rings. The van der Waals surface area contributed by atoms with Crippen LogP contribution in [-0.4, -0.2) is 0 Å². The second-order valence-electron chi connectivity index (χ2n) is 10.8. The fourth-order valence-electron chi connectivity index (χ4n) is 2.60. The second kappa shape index (κ2) is 11.6. The summed E-state index contributed by atoms with van der Waals surface area (Å²) in [7, 11) is 0. The lowest BCUT2D eigenvalue weighted by atomic mass is 9.87. The van der Waals surface area contributed by atoms with Gasteiger partial charge in [0.2, 0.25) is 0 Å². The van der Waals surface area contributed by atoms with Crippen molar-refractivity contribution in [2.24, 2.45) is 0 Å². The Morgan fingerprint density at radius 2 is 1.13 bits per heavy atom. The van der Waals surface area contributed by atoms with E-state index in [2.05, 4.69) is 115 Å². The SMILES string of the molecule is CC(C)(C)c1cccc(Cl)c1.CC(C)(C)c1cccc(I)c1.CC(C)(C)c1ccoc1. The monoisotopic (exact) mass is 552 g/mol. The molecule has 0 aliphatic heterocycles. The van der Waals surface area contributed by atoms with E-state index in [0.717, 1.165) is 5.02 Å². The summed E-state index contributed by atoms with van der Waals surface area (Å²) in [5, 5.41) is 0.817. The molecule has 3 rings (SSSR count). The van der Waals surface area contributed by atoms with Crippen molar-refractivity contribution in [2.45, 2.75) is 78.6 Å². The molecule has 0 amide bonds. The van der Waals surface area contributed by atoms with Gasteiger partial charge in [0.25, 0.3) is 0 Å². The average Bonchev–Trinajstić information content (AvgIpc) is 3.17. The van der Waals surface area contributed by atoms with E-state index in [1.165, 1.54) is 20.3 Å². The molecule has 0 saturated heterocycles. The smallest absolute Gasteiger partial charge is 0.0939 e. The molecule has 0 atom stereocenters. The number of hydrogen-bond donors (Lipinski definition) is 0. The first-order valence-electron chi connectivity index (χ1n) is 10.7. The van der Waals surface area contributed by atoms with Crippen molar-refractivity contribution in [3.05, 3.63) is 92.4 Å². The Balaban J connectivity index is 0.000000234. The zero-order chi connectivity index (χ0) is 23.9. The maximum absolute atomic E-state index is 5.85. The van der Waals surface area contributed by atoms with E-state index in [-0.39, 0.29) is 16.2 Å². The maximum Gasteiger partial charge on any atom is 0.0939 e. The van der Waals surface area contributed by atoms with Crippen LogP contribution < -0.4 is 0 Å². The molecular formula is C28H38ClIO. The van der Waals surface area contributed by atoms with Crippen molar-refractivity contribution in [2.75, 3.05) is 0 Å². The van der Waals surface area contributed by atoms with E-state index in [9.17, 15) is 0 Å². The number of benzene rings is 2. The summed E-state index contributed by atoms with van der Waals surface area (Å²) in [4.78, 5) is 0. The van der Waals surface area contributed by atoms with Crippen molar-refractivity contribution >= 4 is 34.2 Å². The van der Waals surface area contributed by atoms with E-state index < -0.39 is 0 Å². The van der Waals surface area contributed by atoms with Crippen LogP contribution in [0.2, 0.25) is 5.02 Å². The van der Waals surface area contributed by atoms with E-state index >= 15 is 0 Å². The van der Waals surface area contributed by atoms with Gasteiger partial charge in [-0.1, -0.05) is 98.2 Å². The van der Waals surface area contributed by atoms with Crippen LogP contribution in [-0.2, 0) is 16.2 Å². The standard InChI is InChI=1S/C10H13Cl.C10H13I.C8H12O/c2*1-10(2,3)8-5-4-6-9(11)7-8;1-8(2,3)7-4-5-9-6-7/h2*4-7H,1-3H3;4-6H,1-3H3. The van der Waals surface area contributed by atoms with Crippen LogP contribution >= 0.6 is 34.2 Å². The minimum atomic E-state index is 0.199. The third-order valence-electron chi connectivity index (χ3n) is 4.77. The third kappa shape index (κ3) is 10.7. The first kappa shape index (κ1) is 27.8. The molecule has 170 valence electrons. The zero-order valence-electron chi connectivity index (χ0n) is 20.5. The molecule has 0 saturated carbocycles. The fraction of sp³-hybridized carbons (Fsp3) is 0.429. The predicted molar refractivity (Wildman–Crippen MR) is 145 cm³/mol. The molecule has 2 aromatic carbocycles. The van der Waals surface area contributed by atoms with Crippen LogP contribution in [0.15, 0.2) is 71.5 Å². The molecule has 3 aromatic rings. The molecule has 0 unspecified atom stereocenters. The largest absolute Gasteiger partial charge is 0.472 e. The molecule has 1 aromatic heterocycles. The summed E-state index contributed by atoms with van der Waals surface area (Å²) in [6, 6.07) is 18.7. The van der Waals surface area contributed by atoms with Gasteiger partial charge >= 0.3 is 0 Å². The first-order chi connectivity index (χ1) is 14.1. The van der Waals surface area contributed by atoms with Gasteiger partial charge in [-0.2, -0.15) is 0 Å². The van der Waals surface area contributed by atoms with Crippen LogP contribution in [0, 0.1) is 3.57 Å². The Kier molecular flexibility index (Phi) is 10.4. The third-order valence-corrected chi connectivity index (χ3v) is 5.67. The number of rotatable bonds is 0. The molecule has 0 bridgehead atoms. The highest BCUT2D eigenvalue weighted by Crippen LogP contribution is 2.25. The highest BCUT2D eigenvalue weighted by Gasteiger charge is 2.14. The molecule has 3 heteroatoms. The Bertz CT molecular complexity index is 852. The van der Waals surface area contributed by atoms with Crippen LogP contribution in [0.5, 0.6) is 0 Å². The van der Waals surface area contributed by atoms with Crippen molar-refractivity contribution in [1.82, 2.24) is 0 Å². The summed E-state index contributed by atoms with van der Waals surface area (Å²) in [5.41, 5.74) is 4.65. The lowest BCUT2D eigenvalue weighted by Crippen LogP contribution is -2.10. The predicted octanol–water partition coefficient (Wildman–Crippen LogP) is 9.80. The number of halogens is 2. The highest BCUT2D eigenvalue weighted by molar-refractivity contribution is 14.1. The normalized spacial score (nSPS) is 11.7. The summed E-state index contributed by atoms with van der Waals surface area (Å²) in [6.45, 7) is 19.7. The van der Waals surface area contributed by atoms with E-state index in [4.69, 9.17) is 16.0 Å². The van der Waals surface area contributed by atoms with Gasteiger partial charge < -0.3 is 4.42 Å². The highest BCUT2D eigenvalue weighted by atomic mass is 127. The first-order valence-corrected chi connectivity index (χ1v) is 12.1. The van der Waals surface area contributed by atoms with Gasteiger partial charge in [0.1, 0.15) is 0 Å². The second-order valence-corrected chi connectivity index (χ2v) is 12.5. The Labute approximate surface area is 208 Å². The van der Waals surface area contributed by atoms with Crippen LogP contribution in [0.3, 0.4) is 0 Å². The molecule has 0 aliphatic carbocycles. The van der Waals surface area contributed by atoms with Crippen molar-refractivity contribution in [3.8, 4) is 0 Å². The molecule has 0 N–H and O–H groups in total. The van der Waals surface area contributed by atoms with Gasteiger partial charge in [-0.25, -0.2) is 0 Å².